The SMILES string of the molecule is CN(CCO)C(=O)CC12CC3N(CC4CC4)CC3(Cc3ccc(O)cc31)C2. The van der Waals surface area contributed by atoms with Crippen LogP contribution in [-0.4, -0.2) is 65.3 Å². The number of carbonyl (C=O) groups is 1. The van der Waals surface area contributed by atoms with Gasteiger partial charge in [0, 0.05) is 50.0 Å². The summed E-state index contributed by atoms with van der Waals surface area (Å²) in [6, 6.07) is 6.36. The number of hydrogen-bond donors (Lipinski definition) is 2. The molecule has 3 fully saturated rings. The van der Waals surface area contributed by atoms with Crippen molar-refractivity contribution in [2.45, 2.75) is 50.0 Å². The summed E-state index contributed by atoms with van der Waals surface area (Å²) >= 11 is 0. The Kier molecular flexibility index (Phi) is 3.86. The molecule has 2 saturated carbocycles. The van der Waals surface area contributed by atoms with Gasteiger partial charge in [0.1, 0.15) is 5.75 Å². The molecule has 5 heteroatoms. The van der Waals surface area contributed by atoms with Gasteiger partial charge in [0.15, 0.2) is 0 Å². The minimum atomic E-state index is -0.171. The first-order chi connectivity index (χ1) is 12.9. The minimum Gasteiger partial charge on any atom is -0.508 e. The molecule has 1 heterocycles. The fourth-order valence-corrected chi connectivity index (χ4v) is 6.32. The van der Waals surface area contributed by atoms with Crippen LogP contribution in [0.15, 0.2) is 18.2 Å². The fraction of sp³-hybridized carbons (Fsp3) is 0.682. The van der Waals surface area contributed by atoms with Crippen molar-refractivity contribution in [3.63, 3.8) is 0 Å². The Hall–Kier alpha value is -1.59. The second kappa shape index (κ2) is 5.95. The molecule has 5 rings (SSSR count). The van der Waals surface area contributed by atoms with E-state index in [2.05, 4.69) is 11.0 Å². The molecule has 2 bridgehead atoms. The van der Waals surface area contributed by atoms with E-state index in [1.807, 2.05) is 6.07 Å². The lowest BCUT2D eigenvalue weighted by Crippen LogP contribution is -2.63. The molecule has 27 heavy (non-hydrogen) atoms. The number of aliphatic hydroxyl groups excluding tert-OH is 1. The summed E-state index contributed by atoms with van der Waals surface area (Å²) in [7, 11) is 1.78. The van der Waals surface area contributed by atoms with Crippen LogP contribution in [0.25, 0.3) is 0 Å². The Morgan fingerprint density at radius 2 is 2.19 bits per heavy atom. The van der Waals surface area contributed by atoms with Crippen molar-refractivity contribution in [2.75, 3.05) is 33.3 Å². The van der Waals surface area contributed by atoms with Crippen LogP contribution >= 0.6 is 0 Å². The van der Waals surface area contributed by atoms with Crippen molar-refractivity contribution < 1.29 is 15.0 Å². The molecule has 1 aromatic rings. The molecule has 1 amide bonds. The first kappa shape index (κ1) is 17.5. The van der Waals surface area contributed by atoms with Crippen molar-refractivity contribution in [2.24, 2.45) is 11.3 Å². The van der Waals surface area contributed by atoms with E-state index in [-0.39, 0.29) is 17.9 Å². The van der Waals surface area contributed by atoms with Crippen molar-refractivity contribution in [1.82, 2.24) is 9.80 Å². The maximum absolute atomic E-state index is 12.9. The van der Waals surface area contributed by atoms with E-state index in [1.165, 1.54) is 30.5 Å². The normalized spacial score (nSPS) is 33.9. The zero-order valence-electron chi connectivity index (χ0n) is 16.2. The van der Waals surface area contributed by atoms with Gasteiger partial charge in [-0.1, -0.05) is 6.07 Å². The van der Waals surface area contributed by atoms with Crippen molar-refractivity contribution in [3.8, 4) is 5.75 Å². The number of likely N-dealkylation sites (N-methyl/N-ethyl adjacent to an activating group) is 1. The largest absolute Gasteiger partial charge is 0.508 e. The number of phenolic OH excluding ortho intramolecular Hbond substituents is 1. The predicted molar refractivity (Wildman–Crippen MR) is 103 cm³/mol. The maximum atomic E-state index is 12.9. The molecule has 1 aliphatic heterocycles. The van der Waals surface area contributed by atoms with Crippen LogP contribution in [0.2, 0.25) is 0 Å². The highest BCUT2D eigenvalue weighted by molar-refractivity contribution is 5.78. The quantitative estimate of drug-likeness (QED) is 0.803. The predicted octanol–water partition coefficient (Wildman–Crippen LogP) is 1.90. The molecule has 4 aliphatic rings. The minimum absolute atomic E-state index is 0.00561. The van der Waals surface area contributed by atoms with Crippen LogP contribution in [0.3, 0.4) is 0 Å². The summed E-state index contributed by atoms with van der Waals surface area (Å²) < 4.78 is 0. The van der Waals surface area contributed by atoms with Gasteiger partial charge in [-0.05, 0) is 61.3 Å². The summed E-state index contributed by atoms with van der Waals surface area (Å²) in [6.07, 6.45) is 6.39. The Labute approximate surface area is 161 Å². The number of fused-ring (bicyclic) bond motifs is 3. The standard InChI is InChI=1S/C22H30N2O3/c1-23(6-7-25)20(27)11-21-10-19-22(13-21,14-24(19)12-15-2-3-15)9-16-4-5-17(26)8-18(16)21/h4-5,8,15,19,25-26H,2-3,6-7,9-14H2,1H3. The van der Waals surface area contributed by atoms with Gasteiger partial charge in [-0.15, -0.1) is 0 Å². The number of aromatic hydroxyl groups is 1. The van der Waals surface area contributed by atoms with Gasteiger partial charge in [-0.3, -0.25) is 9.69 Å². The van der Waals surface area contributed by atoms with Gasteiger partial charge in [0.2, 0.25) is 5.91 Å². The lowest BCUT2D eigenvalue weighted by atomic mass is 9.62. The maximum Gasteiger partial charge on any atom is 0.223 e. The Morgan fingerprint density at radius 3 is 2.93 bits per heavy atom. The lowest BCUT2D eigenvalue weighted by Gasteiger charge is -2.56. The average Bonchev–Trinajstić information content (AvgIpc) is 3.41. The van der Waals surface area contributed by atoms with Crippen LogP contribution < -0.4 is 0 Å². The van der Waals surface area contributed by atoms with E-state index in [4.69, 9.17) is 0 Å². The third kappa shape index (κ3) is 2.70. The zero-order chi connectivity index (χ0) is 18.8. The monoisotopic (exact) mass is 370 g/mol. The Morgan fingerprint density at radius 1 is 1.37 bits per heavy atom. The van der Waals surface area contributed by atoms with E-state index in [0.29, 0.717) is 30.2 Å². The average molecular weight is 370 g/mol. The van der Waals surface area contributed by atoms with E-state index < -0.39 is 0 Å². The fourth-order valence-electron chi connectivity index (χ4n) is 6.32. The van der Waals surface area contributed by atoms with Crippen LogP contribution in [0, 0.1) is 11.3 Å². The summed E-state index contributed by atoms with van der Waals surface area (Å²) in [5.74, 6) is 1.29. The number of aliphatic hydroxyl groups is 1. The van der Waals surface area contributed by atoms with Gasteiger partial charge in [-0.25, -0.2) is 0 Å². The molecular formula is C22H30N2O3. The molecule has 3 unspecified atom stereocenters. The number of hydrogen-bond acceptors (Lipinski definition) is 4. The number of nitrogens with zero attached hydrogens (tertiary/aromatic N) is 2. The molecule has 0 radical (unpaired) electrons. The highest BCUT2D eigenvalue weighted by Crippen LogP contribution is 2.65. The van der Waals surface area contributed by atoms with E-state index in [9.17, 15) is 15.0 Å². The van der Waals surface area contributed by atoms with Crippen molar-refractivity contribution >= 4 is 5.91 Å². The van der Waals surface area contributed by atoms with Gasteiger partial charge in [0.05, 0.1) is 6.61 Å². The molecule has 3 aliphatic carbocycles. The van der Waals surface area contributed by atoms with Crippen molar-refractivity contribution in [3.05, 3.63) is 29.3 Å². The highest BCUT2D eigenvalue weighted by Gasteiger charge is 2.66. The molecule has 0 aromatic heterocycles. The topological polar surface area (TPSA) is 64.0 Å². The third-order valence-electron chi connectivity index (χ3n) is 7.69. The van der Waals surface area contributed by atoms with Gasteiger partial charge >= 0.3 is 0 Å². The number of carbonyl (C=O) groups excluding carboxylic acids is 1. The van der Waals surface area contributed by atoms with E-state index in [1.54, 1.807) is 18.0 Å². The van der Waals surface area contributed by atoms with Crippen LogP contribution in [0.1, 0.15) is 43.2 Å². The molecule has 1 saturated heterocycles. The smallest absolute Gasteiger partial charge is 0.223 e. The summed E-state index contributed by atoms with van der Waals surface area (Å²) in [4.78, 5) is 17.2. The highest BCUT2D eigenvalue weighted by atomic mass is 16.3. The van der Waals surface area contributed by atoms with Crippen LogP contribution in [-0.2, 0) is 16.6 Å². The first-order valence-electron chi connectivity index (χ1n) is 10.4. The molecule has 3 atom stereocenters. The van der Waals surface area contributed by atoms with E-state index in [0.717, 1.165) is 31.7 Å². The van der Waals surface area contributed by atoms with Gasteiger partial charge in [-0.2, -0.15) is 0 Å². The van der Waals surface area contributed by atoms with E-state index >= 15 is 0 Å². The molecule has 1 spiro atoms. The lowest BCUT2D eigenvalue weighted by molar-refractivity contribution is -0.131. The second-order valence-electron chi connectivity index (χ2n) is 9.65. The number of rotatable bonds is 6. The first-order valence-corrected chi connectivity index (χ1v) is 10.4. The van der Waals surface area contributed by atoms with Gasteiger partial charge < -0.3 is 15.1 Å². The number of amides is 1. The second-order valence-corrected chi connectivity index (χ2v) is 9.65. The molecule has 2 N–H and O–H groups in total. The molecule has 1 aromatic carbocycles. The Bertz CT molecular complexity index is 777. The van der Waals surface area contributed by atoms with Crippen LogP contribution in [0.4, 0.5) is 0 Å². The third-order valence-corrected chi connectivity index (χ3v) is 7.69. The molecule has 146 valence electrons. The molecule has 5 nitrogen and oxygen atoms in total. The summed E-state index contributed by atoms with van der Waals surface area (Å²) in [5.41, 5.74) is 2.66. The zero-order valence-corrected chi connectivity index (χ0v) is 16.2. The van der Waals surface area contributed by atoms with Crippen LogP contribution in [0.5, 0.6) is 5.75 Å². The Balaban J connectivity index is 1.47. The van der Waals surface area contributed by atoms with Gasteiger partial charge in [0.25, 0.3) is 0 Å². The van der Waals surface area contributed by atoms with Crippen molar-refractivity contribution in [1.29, 1.82) is 0 Å². The summed E-state index contributed by atoms with van der Waals surface area (Å²) in [6.45, 7) is 2.76. The summed E-state index contributed by atoms with van der Waals surface area (Å²) in [5, 5.41) is 19.3. The molecular weight excluding hydrogens is 340 g/mol. The number of phenols is 1. The number of benzene rings is 1. The number of likely N-dealkylation sites (tertiary alicyclic amines) is 1.